The molecule has 6 saturated carbocycles. The molecule has 5 aliphatic heterocycles. The summed E-state index contributed by atoms with van der Waals surface area (Å²) in [5, 5.41) is -1.46. The molecule has 15 nitrogen and oxygen atoms in total. The summed E-state index contributed by atoms with van der Waals surface area (Å²) < 4.78 is 101. The molecule has 0 saturated heterocycles. The van der Waals surface area contributed by atoms with Crippen LogP contribution in [0.15, 0.2) is 20.0 Å². The van der Waals surface area contributed by atoms with Crippen molar-refractivity contribution < 1.29 is 47.9 Å². The second kappa shape index (κ2) is 13.0. The molecule has 4 bridgehead atoms. The van der Waals surface area contributed by atoms with E-state index in [1.807, 2.05) is 0 Å². The summed E-state index contributed by atoms with van der Waals surface area (Å²) in [7, 11) is -8.25. The summed E-state index contributed by atoms with van der Waals surface area (Å²) in [4.78, 5) is 22.2. The maximum absolute atomic E-state index is 12.3. The molecule has 56 heavy (non-hydrogen) atoms. The van der Waals surface area contributed by atoms with Crippen molar-refractivity contribution in [3.8, 4) is 0 Å². The fourth-order valence-electron chi connectivity index (χ4n) is 14.3. The van der Waals surface area contributed by atoms with Crippen LogP contribution in [-0.4, -0.2) is 102 Å². The summed E-state index contributed by atoms with van der Waals surface area (Å²) in [6.07, 6.45) is 10.6. The Morgan fingerprint density at radius 1 is 0.571 bits per heavy atom. The third kappa shape index (κ3) is 5.77. The van der Waals surface area contributed by atoms with E-state index in [-0.39, 0.29) is 60.4 Å². The van der Waals surface area contributed by atoms with Gasteiger partial charge in [0.15, 0.2) is 0 Å². The van der Waals surface area contributed by atoms with Crippen molar-refractivity contribution in [2.45, 2.75) is 120 Å². The molecule has 3 N–H and O–H groups in total. The second-order valence-corrected chi connectivity index (χ2v) is 23.3. The van der Waals surface area contributed by atoms with E-state index in [0.29, 0.717) is 49.4 Å². The quantitative estimate of drug-likeness (QED) is 0.213. The van der Waals surface area contributed by atoms with E-state index in [1.54, 1.807) is 0 Å². The van der Waals surface area contributed by atoms with E-state index in [0.717, 1.165) is 106 Å². The van der Waals surface area contributed by atoms with Gasteiger partial charge >= 0.3 is 18.3 Å². The lowest BCUT2D eigenvalue weighted by molar-refractivity contribution is -0.398. The first kappa shape index (κ1) is 37.0. The van der Waals surface area contributed by atoms with Gasteiger partial charge in [0.25, 0.3) is 20.2 Å². The van der Waals surface area contributed by atoms with Gasteiger partial charge in [0.05, 0.1) is 40.3 Å². The Hall–Kier alpha value is -2.03. The van der Waals surface area contributed by atoms with Gasteiger partial charge in [-0.15, -0.1) is 0 Å². The van der Waals surface area contributed by atoms with Crippen molar-refractivity contribution in [3.05, 3.63) is 0 Å². The molecule has 0 aromatic rings. The van der Waals surface area contributed by atoms with E-state index < -0.39 is 42.1 Å². The van der Waals surface area contributed by atoms with Gasteiger partial charge in [0.1, 0.15) is 0 Å². The molecule has 11 aliphatic rings. The van der Waals surface area contributed by atoms with Gasteiger partial charge in [-0.3, -0.25) is 26.8 Å². The summed E-state index contributed by atoms with van der Waals surface area (Å²) in [6.45, 7) is 2.08. The monoisotopic (exact) mass is 830 g/mol. The molecule has 16 unspecified atom stereocenters. The van der Waals surface area contributed by atoms with Gasteiger partial charge in [-0.25, -0.2) is 0 Å². The number of amidine groups is 6. The zero-order chi connectivity index (χ0) is 38.6. The summed E-state index contributed by atoms with van der Waals surface area (Å²) in [6, 6.07) is 0. The molecule has 6 fully saturated rings. The highest BCUT2D eigenvalue weighted by atomic mass is 32.2. The number of hydrogen-bond donors (Lipinski definition) is 3. The molecular weight excluding hydrogens is 779 g/mol. The molecule has 5 heterocycles. The molecule has 0 spiro atoms. The normalized spacial score (nSPS) is 45.6. The maximum atomic E-state index is 12.3. The Bertz CT molecular complexity index is 2230. The van der Waals surface area contributed by atoms with Crippen LogP contribution in [0, 0.1) is 71.0 Å². The van der Waals surface area contributed by atoms with Gasteiger partial charge in [-0.05, 0) is 139 Å². The van der Waals surface area contributed by atoms with E-state index in [4.69, 9.17) is 24.2 Å². The zero-order valence-corrected chi connectivity index (χ0v) is 34.0. The van der Waals surface area contributed by atoms with Crippen LogP contribution in [0.4, 0.5) is 0 Å². The lowest BCUT2D eigenvalue weighted by Gasteiger charge is -2.42. The van der Waals surface area contributed by atoms with E-state index >= 15 is 0 Å². The smallest absolute Gasteiger partial charge is 0.285 e. The average molecular weight is 831 g/mol. The van der Waals surface area contributed by atoms with E-state index in [2.05, 4.69) is 15.8 Å². The Balaban J connectivity index is 1.01. The summed E-state index contributed by atoms with van der Waals surface area (Å²) in [5.74, 6) is 7.84. The van der Waals surface area contributed by atoms with Gasteiger partial charge in [-0.1, -0.05) is 15.0 Å². The number of rotatable bonds is 4. The molecule has 0 aromatic heterocycles. The fraction of sp³-hybridized carbons (Fsp3) is 0.838. The van der Waals surface area contributed by atoms with E-state index in [9.17, 15) is 34.7 Å². The highest BCUT2D eigenvalue weighted by Gasteiger charge is 2.64. The lowest BCUT2D eigenvalue weighted by Crippen LogP contribution is -2.50. The molecule has 6 aliphatic carbocycles. The van der Waals surface area contributed by atoms with Crippen LogP contribution < -0.4 is 0 Å². The van der Waals surface area contributed by atoms with Crippen molar-refractivity contribution in [3.63, 3.8) is 0 Å². The molecule has 0 amide bonds. The van der Waals surface area contributed by atoms with Crippen LogP contribution in [0.2, 0.25) is 6.82 Å². The Kier molecular flexibility index (Phi) is 8.58. The Morgan fingerprint density at radius 2 is 1.02 bits per heavy atom. The van der Waals surface area contributed by atoms with Crippen LogP contribution in [0.25, 0.3) is 0 Å². The van der Waals surface area contributed by atoms with Crippen molar-refractivity contribution >= 4 is 73.6 Å². The predicted molar refractivity (Wildman–Crippen MR) is 209 cm³/mol. The summed E-state index contributed by atoms with van der Waals surface area (Å²) in [5.41, 5.74) is 0. The van der Waals surface area contributed by atoms with Gasteiger partial charge in [-0.2, -0.15) is 26.0 Å². The summed E-state index contributed by atoms with van der Waals surface area (Å²) >= 11 is -2.30. The second-order valence-electron chi connectivity index (χ2n) is 19.2. The van der Waals surface area contributed by atoms with Crippen LogP contribution in [0.5, 0.6) is 0 Å². The number of hydrogen-bond acceptors (Lipinski definition) is 10. The molecular formula is C37H51BN6O9S3+2. The minimum atomic E-state index is -4.13. The third-order valence-corrected chi connectivity index (χ3v) is 19.8. The molecule has 0 radical (unpaired) electrons. The van der Waals surface area contributed by atoms with Gasteiger partial charge in [0, 0.05) is 11.8 Å². The first-order chi connectivity index (χ1) is 26.7. The average Bonchev–Trinajstić information content (AvgIpc) is 3.74. The highest BCUT2D eigenvalue weighted by Crippen LogP contribution is 2.55. The largest absolute Gasteiger partial charge is 0.546 e. The van der Waals surface area contributed by atoms with E-state index in [1.165, 1.54) is 0 Å². The Morgan fingerprint density at radius 3 is 1.57 bits per heavy atom. The first-order valence-corrected chi connectivity index (χ1v) is 25.1. The van der Waals surface area contributed by atoms with Crippen molar-refractivity contribution in [2.24, 2.45) is 91.0 Å². The minimum absolute atomic E-state index is 0.0203. The fourth-order valence-corrected chi connectivity index (χ4v) is 16.5. The number of fused-ring (bicyclic) bond motifs is 13. The third-order valence-electron chi connectivity index (χ3n) is 16.8. The molecule has 11 rings (SSSR count). The number of nitrogens with zero attached hydrogens (tertiary/aromatic N) is 6. The van der Waals surface area contributed by atoms with Crippen LogP contribution in [0.1, 0.15) is 96.3 Å². The molecule has 19 heteroatoms. The highest BCUT2D eigenvalue weighted by molar-refractivity contribution is 7.86. The van der Waals surface area contributed by atoms with Crippen LogP contribution in [-0.2, 0) is 35.8 Å². The standard InChI is InChI=1S/C37H49BN6O9S3/c1-38-43-34-28-12-18-3-6-25(56(50,51)52)10-22(18)16-31(28)37(43)42-36-29-13-19-4-7-24(55(47,48)49)9-21(19)15-30(29)35(44(36)38)41-33-27-14-20-8-23(53-54(45)46)5-2-17(20)11-26(27)32(39-33)40-34/h17-31H,2-16H2,1H3,(H-2,45,46,47,48,49,50,51,52)/p+2. The van der Waals surface area contributed by atoms with Crippen molar-refractivity contribution in [1.82, 2.24) is 0 Å². The minimum Gasteiger partial charge on any atom is -0.285 e. The van der Waals surface area contributed by atoms with Gasteiger partial charge < -0.3 is 0 Å². The molecule has 302 valence electrons. The lowest BCUT2D eigenvalue weighted by atomic mass is 9.63. The van der Waals surface area contributed by atoms with Crippen molar-refractivity contribution in [2.75, 3.05) is 0 Å². The molecule has 16 atom stereocenters. The maximum Gasteiger partial charge on any atom is 0.546 e. The predicted octanol–water partition coefficient (Wildman–Crippen LogP) is 3.95. The SMILES string of the molecule is CB1[N+]2=C3N=C4N=C(N=C5C6CC7CC(S(=O)(=O)O)CCC7CC6C(=[N+]15)N=C2C1CC2CC(S(=O)(=O)O)CCC2CC31)C1CC2CC(OS(=O)O)CCC2CC41. The van der Waals surface area contributed by atoms with Crippen LogP contribution in [0.3, 0.4) is 0 Å². The zero-order valence-electron chi connectivity index (χ0n) is 31.5. The van der Waals surface area contributed by atoms with Crippen LogP contribution >= 0.6 is 0 Å². The molecule has 0 aromatic carbocycles. The van der Waals surface area contributed by atoms with Crippen molar-refractivity contribution in [1.29, 1.82) is 0 Å². The first-order valence-electron chi connectivity index (χ1n) is 21.1. The number of aliphatic imine (C=N–C) groups is 4. The topological polar surface area (TPSA) is 211 Å². The Labute approximate surface area is 330 Å². The van der Waals surface area contributed by atoms with Gasteiger partial charge in [0.2, 0.25) is 35.0 Å².